The van der Waals surface area contributed by atoms with Crippen molar-refractivity contribution in [3.05, 3.63) is 47.3 Å². The number of nitrogen functional groups attached to an aromatic ring is 1. The second-order valence-corrected chi connectivity index (χ2v) is 5.07. The molecule has 1 heterocycles. The normalized spacial score (nSPS) is 10.8. The van der Waals surface area contributed by atoms with Crippen molar-refractivity contribution in [2.75, 3.05) is 5.73 Å². The van der Waals surface area contributed by atoms with E-state index in [0.29, 0.717) is 23.6 Å². The van der Waals surface area contributed by atoms with E-state index in [4.69, 9.17) is 10.3 Å². The zero-order chi connectivity index (χ0) is 14.7. The summed E-state index contributed by atoms with van der Waals surface area (Å²) in [5.41, 5.74) is 7.97. The third kappa shape index (κ3) is 2.99. The lowest BCUT2D eigenvalue weighted by atomic mass is 10.1. The minimum atomic E-state index is -0.0822. The van der Waals surface area contributed by atoms with Gasteiger partial charge in [-0.15, -0.1) is 0 Å². The predicted molar refractivity (Wildman–Crippen MR) is 77.1 cm³/mol. The van der Waals surface area contributed by atoms with Crippen LogP contribution in [0.1, 0.15) is 35.5 Å². The molecule has 0 saturated carbocycles. The zero-order valence-electron chi connectivity index (χ0n) is 12.0. The zero-order valence-corrected chi connectivity index (χ0v) is 12.0. The molecule has 0 atom stereocenters. The van der Waals surface area contributed by atoms with Crippen LogP contribution in [0.15, 0.2) is 35.0 Å². The number of nitrogens with two attached hydrogens (primary N) is 1. The van der Waals surface area contributed by atoms with Crippen molar-refractivity contribution in [1.82, 2.24) is 10.1 Å². The fourth-order valence-corrected chi connectivity index (χ4v) is 2.04. The highest BCUT2D eigenvalue weighted by molar-refractivity contribution is 5.94. The summed E-state index contributed by atoms with van der Waals surface area (Å²) < 4.78 is 4.97. The summed E-state index contributed by atoms with van der Waals surface area (Å²) >= 11 is 0. The molecule has 1 amide bonds. The van der Waals surface area contributed by atoms with Gasteiger partial charge in [-0.25, -0.2) is 0 Å². The van der Waals surface area contributed by atoms with Crippen LogP contribution in [0.2, 0.25) is 0 Å². The van der Waals surface area contributed by atoms with Crippen molar-refractivity contribution >= 4 is 11.6 Å². The highest BCUT2D eigenvalue weighted by atomic mass is 16.5. The van der Waals surface area contributed by atoms with Crippen LogP contribution in [0, 0.1) is 6.92 Å². The smallest absolute Gasteiger partial charge is 0.259 e. The lowest BCUT2D eigenvalue weighted by Crippen LogP contribution is -2.36. The highest BCUT2D eigenvalue weighted by Gasteiger charge is 2.22. The monoisotopic (exact) mass is 273 g/mol. The topological polar surface area (TPSA) is 72.4 Å². The molecule has 2 N–H and O–H groups in total. The van der Waals surface area contributed by atoms with Crippen LogP contribution in [0.4, 0.5) is 5.69 Å². The van der Waals surface area contributed by atoms with Crippen LogP contribution in [-0.2, 0) is 6.54 Å². The number of benzene rings is 1. The van der Waals surface area contributed by atoms with Gasteiger partial charge in [0, 0.05) is 18.3 Å². The second-order valence-electron chi connectivity index (χ2n) is 5.07. The molecule has 0 fully saturated rings. The lowest BCUT2D eigenvalue weighted by Gasteiger charge is -2.26. The van der Waals surface area contributed by atoms with Gasteiger partial charge in [0.15, 0.2) is 0 Å². The van der Waals surface area contributed by atoms with Crippen LogP contribution in [0.5, 0.6) is 0 Å². The number of nitrogens with zero attached hydrogens (tertiary/aromatic N) is 2. The number of anilines is 1. The lowest BCUT2D eigenvalue weighted by molar-refractivity contribution is 0.0688. The molecule has 2 rings (SSSR count). The van der Waals surface area contributed by atoms with Crippen molar-refractivity contribution in [3.63, 3.8) is 0 Å². The minimum absolute atomic E-state index is 0.0678. The Labute approximate surface area is 118 Å². The number of amides is 1. The number of carbonyl (C=O) groups is 1. The Hall–Kier alpha value is -2.30. The summed E-state index contributed by atoms with van der Waals surface area (Å²) in [4.78, 5) is 14.3. The van der Waals surface area contributed by atoms with Crippen molar-refractivity contribution < 1.29 is 9.32 Å². The summed E-state index contributed by atoms with van der Waals surface area (Å²) in [7, 11) is 0. The molecule has 0 unspecified atom stereocenters. The van der Waals surface area contributed by atoms with Gasteiger partial charge in [0.1, 0.15) is 11.3 Å². The Morgan fingerprint density at radius 1 is 1.45 bits per heavy atom. The van der Waals surface area contributed by atoms with Crippen LogP contribution in [0.3, 0.4) is 0 Å². The third-order valence-electron chi connectivity index (χ3n) is 3.17. The van der Waals surface area contributed by atoms with Gasteiger partial charge in [-0.1, -0.05) is 17.3 Å². The summed E-state index contributed by atoms with van der Waals surface area (Å²) in [5, 5.41) is 3.66. The van der Waals surface area contributed by atoms with Crippen molar-refractivity contribution in [2.45, 2.75) is 33.4 Å². The Kier molecular flexibility index (Phi) is 4.08. The molecule has 1 aromatic carbocycles. The van der Waals surface area contributed by atoms with Crippen LogP contribution < -0.4 is 5.73 Å². The number of aryl methyl sites for hydroxylation is 1. The molecule has 5 nitrogen and oxygen atoms in total. The van der Waals surface area contributed by atoms with Gasteiger partial charge >= 0.3 is 0 Å². The predicted octanol–water partition coefficient (Wildman–Crippen LogP) is 2.62. The second kappa shape index (κ2) is 5.77. The maximum atomic E-state index is 12.6. The Morgan fingerprint density at radius 2 is 2.20 bits per heavy atom. The Bertz CT molecular complexity index is 605. The van der Waals surface area contributed by atoms with Crippen LogP contribution >= 0.6 is 0 Å². The van der Waals surface area contributed by atoms with E-state index < -0.39 is 0 Å². The van der Waals surface area contributed by atoms with E-state index in [2.05, 4.69) is 5.16 Å². The Balaban J connectivity index is 2.24. The summed E-state index contributed by atoms with van der Waals surface area (Å²) in [6, 6.07) is 7.62. The number of hydrogen-bond donors (Lipinski definition) is 1. The maximum Gasteiger partial charge on any atom is 0.259 e. The molecule has 5 heteroatoms. The van der Waals surface area contributed by atoms with Crippen molar-refractivity contribution in [3.8, 4) is 0 Å². The number of hydrogen-bond acceptors (Lipinski definition) is 4. The van der Waals surface area contributed by atoms with Gasteiger partial charge in [-0.3, -0.25) is 4.79 Å². The van der Waals surface area contributed by atoms with E-state index in [-0.39, 0.29) is 11.9 Å². The van der Waals surface area contributed by atoms with E-state index in [1.165, 1.54) is 6.20 Å². The summed E-state index contributed by atoms with van der Waals surface area (Å²) in [6.45, 7) is 6.20. The van der Waals surface area contributed by atoms with Gasteiger partial charge in [0.05, 0.1) is 6.20 Å². The molecule has 106 valence electrons. The molecule has 1 aromatic heterocycles. The van der Waals surface area contributed by atoms with Gasteiger partial charge in [0.25, 0.3) is 5.91 Å². The van der Waals surface area contributed by atoms with E-state index in [1.807, 2.05) is 38.1 Å². The molecule has 0 saturated heterocycles. The highest BCUT2D eigenvalue weighted by Crippen LogP contribution is 2.17. The van der Waals surface area contributed by atoms with E-state index in [1.54, 1.807) is 11.8 Å². The molecule has 20 heavy (non-hydrogen) atoms. The minimum Gasteiger partial charge on any atom is -0.399 e. The third-order valence-corrected chi connectivity index (χ3v) is 3.17. The van der Waals surface area contributed by atoms with Crippen molar-refractivity contribution in [1.29, 1.82) is 0 Å². The SMILES string of the molecule is Cc1oncc1C(=O)N(Cc1cccc(N)c1)C(C)C. The standard InChI is InChI=1S/C15H19N3O2/c1-10(2)18(9-12-5-4-6-13(16)7-12)15(19)14-8-17-20-11(14)3/h4-8,10H,9,16H2,1-3H3. The first-order chi connectivity index (χ1) is 9.49. The average molecular weight is 273 g/mol. The number of rotatable bonds is 4. The molecule has 0 aliphatic heterocycles. The molecular formula is C15H19N3O2. The summed E-state index contributed by atoms with van der Waals surface area (Å²) in [6.07, 6.45) is 1.46. The first kappa shape index (κ1) is 14.1. The quantitative estimate of drug-likeness (QED) is 0.869. The fraction of sp³-hybridized carbons (Fsp3) is 0.333. The molecule has 0 spiro atoms. The van der Waals surface area contributed by atoms with E-state index >= 15 is 0 Å². The van der Waals surface area contributed by atoms with Gasteiger partial charge in [0.2, 0.25) is 0 Å². The van der Waals surface area contributed by atoms with Gasteiger partial charge in [-0.05, 0) is 38.5 Å². The van der Waals surface area contributed by atoms with E-state index in [0.717, 1.165) is 5.56 Å². The number of aromatic nitrogens is 1. The average Bonchev–Trinajstić information content (AvgIpc) is 2.81. The van der Waals surface area contributed by atoms with Crippen molar-refractivity contribution in [2.24, 2.45) is 0 Å². The van der Waals surface area contributed by atoms with Crippen LogP contribution in [-0.4, -0.2) is 22.0 Å². The molecular weight excluding hydrogens is 254 g/mol. The number of carbonyl (C=O) groups excluding carboxylic acids is 1. The molecule has 0 bridgehead atoms. The maximum absolute atomic E-state index is 12.6. The van der Waals surface area contributed by atoms with Gasteiger partial charge in [-0.2, -0.15) is 0 Å². The molecule has 0 radical (unpaired) electrons. The largest absolute Gasteiger partial charge is 0.399 e. The Morgan fingerprint density at radius 3 is 2.75 bits per heavy atom. The van der Waals surface area contributed by atoms with E-state index in [9.17, 15) is 4.79 Å². The molecule has 0 aliphatic carbocycles. The van der Waals surface area contributed by atoms with Gasteiger partial charge < -0.3 is 15.2 Å². The molecule has 2 aromatic rings. The molecule has 0 aliphatic rings. The fourth-order valence-electron chi connectivity index (χ4n) is 2.04. The summed E-state index contributed by atoms with van der Waals surface area (Å²) in [5.74, 6) is 0.453. The first-order valence-corrected chi connectivity index (χ1v) is 6.55. The first-order valence-electron chi connectivity index (χ1n) is 6.55. The van der Waals surface area contributed by atoms with Crippen LogP contribution in [0.25, 0.3) is 0 Å².